The zero-order valence-electron chi connectivity index (χ0n) is 13.9. The fraction of sp³-hybridized carbons (Fsp3) is 0.263. The molecule has 2 amide bonds. The van der Waals surface area contributed by atoms with Crippen LogP contribution in [0.1, 0.15) is 12.0 Å². The van der Waals surface area contributed by atoms with E-state index < -0.39 is 6.04 Å². The van der Waals surface area contributed by atoms with Crippen LogP contribution in [0.4, 0.5) is 10.1 Å². The van der Waals surface area contributed by atoms with E-state index in [-0.39, 0.29) is 24.1 Å². The molecule has 5 nitrogen and oxygen atoms in total. The molecule has 1 fully saturated rings. The monoisotopic (exact) mass is 343 g/mol. The zero-order chi connectivity index (χ0) is 17.8. The molecule has 0 bridgehead atoms. The first-order chi connectivity index (χ1) is 12.1. The van der Waals surface area contributed by atoms with Crippen molar-refractivity contribution >= 4 is 17.5 Å². The Kier molecular flexibility index (Phi) is 5.09. The number of hydrogen-bond donors (Lipinski definition) is 1. The molecule has 2 aromatic rings. The van der Waals surface area contributed by atoms with E-state index in [4.69, 9.17) is 4.74 Å². The number of hydrogen-bond acceptors (Lipinski definition) is 3. The van der Waals surface area contributed by atoms with Crippen LogP contribution in [0.15, 0.2) is 48.5 Å². The predicted octanol–water partition coefficient (Wildman–Crippen LogP) is 1.27. The number of imide groups is 1. The molecular formula is C19H20FN2O3+. The van der Waals surface area contributed by atoms with Gasteiger partial charge in [-0.3, -0.25) is 9.59 Å². The van der Waals surface area contributed by atoms with Crippen molar-refractivity contribution in [3.05, 3.63) is 59.9 Å². The maximum atomic E-state index is 12.9. The molecule has 1 saturated heterocycles. The van der Waals surface area contributed by atoms with Gasteiger partial charge >= 0.3 is 0 Å². The summed E-state index contributed by atoms with van der Waals surface area (Å²) in [6, 6.07) is 12.8. The lowest BCUT2D eigenvalue weighted by Gasteiger charge is -2.14. The summed E-state index contributed by atoms with van der Waals surface area (Å²) in [5.74, 6) is 0.0113. The molecule has 2 aromatic carbocycles. The number of carbonyl (C=O) groups is 2. The van der Waals surface area contributed by atoms with Gasteiger partial charge in [0.1, 0.15) is 11.6 Å². The van der Waals surface area contributed by atoms with Crippen LogP contribution in [0, 0.1) is 5.82 Å². The first kappa shape index (κ1) is 17.1. The van der Waals surface area contributed by atoms with Gasteiger partial charge in [-0.25, -0.2) is 9.29 Å². The Hall–Kier alpha value is -2.73. The molecule has 2 N–H and O–H groups in total. The molecule has 130 valence electrons. The molecule has 1 atom stereocenters. The van der Waals surface area contributed by atoms with Crippen molar-refractivity contribution in [2.75, 3.05) is 18.6 Å². The van der Waals surface area contributed by atoms with Crippen LogP contribution in [0.25, 0.3) is 0 Å². The molecule has 0 radical (unpaired) electrons. The summed E-state index contributed by atoms with van der Waals surface area (Å²) >= 11 is 0. The Balaban J connectivity index is 1.59. The van der Waals surface area contributed by atoms with E-state index in [0.29, 0.717) is 24.4 Å². The lowest BCUT2D eigenvalue weighted by Crippen LogP contribution is -2.92. The number of carbonyl (C=O) groups excluding carboxylic acids is 2. The number of amides is 2. The van der Waals surface area contributed by atoms with Crippen LogP contribution in [0.3, 0.4) is 0 Å². The van der Waals surface area contributed by atoms with E-state index in [9.17, 15) is 14.0 Å². The number of quaternary nitrogens is 1. The molecule has 1 aliphatic rings. The second-order valence-corrected chi connectivity index (χ2v) is 5.98. The molecule has 0 aromatic heterocycles. The van der Waals surface area contributed by atoms with E-state index in [1.165, 1.54) is 17.0 Å². The van der Waals surface area contributed by atoms with Gasteiger partial charge in [0, 0.05) is 6.42 Å². The van der Waals surface area contributed by atoms with Crippen LogP contribution >= 0.6 is 0 Å². The number of ether oxygens (including phenoxy) is 1. The van der Waals surface area contributed by atoms with Crippen molar-refractivity contribution in [3.63, 3.8) is 0 Å². The van der Waals surface area contributed by atoms with Crippen molar-refractivity contribution < 1.29 is 24.0 Å². The van der Waals surface area contributed by atoms with Crippen LogP contribution in [-0.4, -0.2) is 31.5 Å². The average molecular weight is 343 g/mol. The molecule has 25 heavy (non-hydrogen) atoms. The van der Waals surface area contributed by atoms with Crippen molar-refractivity contribution in [1.29, 1.82) is 0 Å². The number of nitrogens with zero attached hydrogens (tertiary/aromatic N) is 1. The fourth-order valence-corrected chi connectivity index (χ4v) is 2.94. The predicted molar refractivity (Wildman–Crippen MR) is 90.8 cm³/mol. The number of halogens is 1. The van der Waals surface area contributed by atoms with Gasteiger partial charge in [0.25, 0.3) is 5.91 Å². The van der Waals surface area contributed by atoms with Crippen LogP contribution in [-0.2, 0) is 16.0 Å². The second kappa shape index (κ2) is 7.44. The topological polar surface area (TPSA) is 63.2 Å². The van der Waals surface area contributed by atoms with Crippen molar-refractivity contribution in [1.82, 2.24) is 0 Å². The van der Waals surface area contributed by atoms with E-state index in [1.54, 1.807) is 43.5 Å². The second-order valence-electron chi connectivity index (χ2n) is 5.98. The number of methoxy groups -OCH3 is 1. The highest BCUT2D eigenvalue weighted by atomic mass is 19.1. The fourth-order valence-electron chi connectivity index (χ4n) is 2.94. The Morgan fingerprint density at radius 1 is 1.12 bits per heavy atom. The summed E-state index contributed by atoms with van der Waals surface area (Å²) in [5, 5.41) is 1.88. The van der Waals surface area contributed by atoms with Gasteiger partial charge in [0.05, 0.1) is 25.8 Å². The van der Waals surface area contributed by atoms with E-state index in [1.807, 2.05) is 5.32 Å². The van der Waals surface area contributed by atoms with Crippen molar-refractivity contribution in [2.45, 2.75) is 18.9 Å². The summed E-state index contributed by atoms with van der Waals surface area (Å²) in [6.45, 7) is 0.659. The van der Waals surface area contributed by atoms with Gasteiger partial charge < -0.3 is 10.1 Å². The van der Waals surface area contributed by atoms with E-state index in [2.05, 4.69) is 0 Å². The molecule has 0 aliphatic carbocycles. The highest BCUT2D eigenvalue weighted by Crippen LogP contribution is 2.24. The van der Waals surface area contributed by atoms with Gasteiger partial charge in [-0.15, -0.1) is 0 Å². The maximum absolute atomic E-state index is 12.9. The van der Waals surface area contributed by atoms with Gasteiger partial charge in [-0.05, 0) is 42.0 Å². The first-order valence-corrected chi connectivity index (χ1v) is 8.17. The molecule has 1 heterocycles. The smallest absolute Gasteiger partial charge is 0.292 e. The molecule has 3 rings (SSSR count). The third-order valence-corrected chi connectivity index (χ3v) is 4.31. The largest absolute Gasteiger partial charge is 0.497 e. The third-order valence-electron chi connectivity index (χ3n) is 4.31. The summed E-state index contributed by atoms with van der Waals surface area (Å²) in [4.78, 5) is 26.0. The third kappa shape index (κ3) is 3.85. The normalized spacial score (nSPS) is 17.2. The summed E-state index contributed by atoms with van der Waals surface area (Å²) in [5.41, 5.74) is 1.56. The van der Waals surface area contributed by atoms with Gasteiger partial charge in [0.2, 0.25) is 5.91 Å². The Morgan fingerprint density at radius 3 is 2.44 bits per heavy atom. The molecule has 0 saturated carbocycles. The van der Waals surface area contributed by atoms with Crippen LogP contribution in [0.2, 0.25) is 0 Å². The number of rotatable bonds is 6. The molecule has 6 heteroatoms. The Morgan fingerprint density at radius 2 is 1.80 bits per heavy atom. The zero-order valence-corrected chi connectivity index (χ0v) is 13.9. The number of benzene rings is 2. The first-order valence-electron chi connectivity index (χ1n) is 8.17. The van der Waals surface area contributed by atoms with E-state index in [0.717, 1.165) is 5.56 Å². The minimum atomic E-state index is -0.407. The minimum absolute atomic E-state index is 0.189. The van der Waals surface area contributed by atoms with Crippen LogP contribution in [0.5, 0.6) is 5.75 Å². The van der Waals surface area contributed by atoms with E-state index >= 15 is 0 Å². The lowest BCUT2D eigenvalue weighted by molar-refractivity contribution is -0.674. The van der Waals surface area contributed by atoms with Gasteiger partial charge in [-0.1, -0.05) is 12.1 Å². The molecular weight excluding hydrogens is 323 g/mol. The van der Waals surface area contributed by atoms with Crippen molar-refractivity contribution in [2.24, 2.45) is 0 Å². The summed E-state index contributed by atoms with van der Waals surface area (Å²) in [7, 11) is 1.56. The SMILES string of the molecule is COc1ccc(N2C(=O)C[C@@H]([NH2+]CCc3ccc(F)cc3)C2=O)cc1. The molecule has 0 spiro atoms. The highest BCUT2D eigenvalue weighted by molar-refractivity contribution is 6.21. The lowest BCUT2D eigenvalue weighted by atomic mass is 10.1. The number of anilines is 1. The average Bonchev–Trinajstić information content (AvgIpc) is 2.90. The molecule has 1 aliphatic heterocycles. The maximum Gasteiger partial charge on any atom is 0.292 e. The van der Waals surface area contributed by atoms with Gasteiger partial charge in [0.15, 0.2) is 6.04 Å². The van der Waals surface area contributed by atoms with Crippen molar-refractivity contribution in [3.8, 4) is 5.75 Å². The molecule has 0 unspecified atom stereocenters. The van der Waals surface area contributed by atoms with Crippen LogP contribution < -0.4 is 15.0 Å². The van der Waals surface area contributed by atoms with Gasteiger partial charge in [-0.2, -0.15) is 0 Å². The summed E-state index contributed by atoms with van der Waals surface area (Å²) in [6.07, 6.45) is 0.898. The Labute approximate surface area is 145 Å². The minimum Gasteiger partial charge on any atom is -0.497 e. The Bertz CT molecular complexity index is 759. The standard InChI is InChI=1S/C19H19FN2O3/c1-25-16-8-6-15(7-9-16)22-18(23)12-17(19(22)24)21-11-10-13-2-4-14(20)5-3-13/h2-9,17,21H,10-12H2,1H3/p+1/t17-/m1/s1. The number of nitrogens with two attached hydrogens (primary N) is 1. The highest BCUT2D eigenvalue weighted by Gasteiger charge is 2.42. The summed E-state index contributed by atoms with van der Waals surface area (Å²) < 4.78 is 18.0. The quantitative estimate of drug-likeness (QED) is 0.804.